The molecule has 34 heavy (non-hydrogen) atoms. The smallest absolute Gasteiger partial charge is 0.0715 e. The zero-order valence-corrected chi connectivity index (χ0v) is 22.4. The summed E-state index contributed by atoms with van der Waals surface area (Å²) in [6, 6.07) is 22.6. The number of hydrogen-bond donors (Lipinski definition) is 0. The van der Waals surface area contributed by atoms with E-state index in [-0.39, 0.29) is 10.8 Å². The van der Waals surface area contributed by atoms with E-state index in [9.17, 15) is 0 Å². The van der Waals surface area contributed by atoms with E-state index < -0.39 is 0 Å². The Morgan fingerprint density at radius 2 is 0.882 bits per heavy atom. The normalized spacial score (nSPS) is 12.2. The average molecular weight is 459 g/mol. The van der Waals surface area contributed by atoms with Crippen molar-refractivity contribution in [3.8, 4) is 0 Å². The summed E-state index contributed by atoms with van der Waals surface area (Å²) in [5.41, 5.74) is 10.9. The SMILES string of the molecule is COCc1ccc(C(C)(C)C)cc1Cc1ccccc1Cc1cc(C(C)(C)C)ccc1COC. The molecule has 0 radical (unpaired) electrons. The number of benzene rings is 3. The summed E-state index contributed by atoms with van der Waals surface area (Å²) < 4.78 is 11.1. The number of rotatable bonds is 8. The zero-order chi connectivity index (χ0) is 24.9. The van der Waals surface area contributed by atoms with E-state index in [0.717, 1.165) is 12.8 Å². The molecule has 3 aromatic rings. The van der Waals surface area contributed by atoms with Gasteiger partial charge in [0.2, 0.25) is 0 Å². The first-order chi connectivity index (χ1) is 16.0. The van der Waals surface area contributed by atoms with Gasteiger partial charge in [-0.05, 0) is 68.2 Å². The van der Waals surface area contributed by atoms with Crippen molar-refractivity contribution < 1.29 is 9.47 Å². The maximum atomic E-state index is 5.53. The van der Waals surface area contributed by atoms with E-state index in [1.807, 2.05) is 0 Å². The van der Waals surface area contributed by atoms with Crippen LogP contribution in [-0.2, 0) is 46.4 Å². The molecule has 0 N–H and O–H groups in total. The lowest BCUT2D eigenvalue weighted by molar-refractivity contribution is 0.184. The molecule has 3 aromatic carbocycles. The molecule has 182 valence electrons. The van der Waals surface area contributed by atoms with Gasteiger partial charge in [-0.15, -0.1) is 0 Å². The molecule has 0 saturated heterocycles. The van der Waals surface area contributed by atoms with E-state index in [4.69, 9.17) is 9.47 Å². The van der Waals surface area contributed by atoms with Gasteiger partial charge >= 0.3 is 0 Å². The maximum absolute atomic E-state index is 5.53. The van der Waals surface area contributed by atoms with Crippen LogP contribution in [-0.4, -0.2) is 14.2 Å². The van der Waals surface area contributed by atoms with Gasteiger partial charge in [0.05, 0.1) is 13.2 Å². The summed E-state index contributed by atoms with van der Waals surface area (Å²) in [6.45, 7) is 14.9. The van der Waals surface area contributed by atoms with Crippen molar-refractivity contribution in [1.82, 2.24) is 0 Å². The minimum atomic E-state index is 0.113. The summed E-state index contributed by atoms with van der Waals surface area (Å²) in [5, 5.41) is 0. The van der Waals surface area contributed by atoms with Crippen molar-refractivity contribution in [2.45, 2.75) is 78.4 Å². The predicted molar refractivity (Wildman–Crippen MR) is 144 cm³/mol. The van der Waals surface area contributed by atoms with Gasteiger partial charge in [0.1, 0.15) is 0 Å². The van der Waals surface area contributed by atoms with Gasteiger partial charge in [-0.25, -0.2) is 0 Å². The fourth-order valence-electron chi connectivity index (χ4n) is 4.42. The Hall–Kier alpha value is -2.42. The highest BCUT2D eigenvalue weighted by Crippen LogP contribution is 2.30. The summed E-state index contributed by atoms with van der Waals surface area (Å²) >= 11 is 0. The molecule has 0 aliphatic carbocycles. The lowest BCUT2D eigenvalue weighted by atomic mass is 9.83. The Kier molecular flexibility index (Phi) is 8.38. The van der Waals surface area contributed by atoms with Crippen molar-refractivity contribution in [2.24, 2.45) is 0 Å². The molecule has 0 aromatic heterocycles. The van der Waals surface area contributed by atoms with E-state index in [2.05, 4.69) is 102 Å². The fourth-order valence-corrected chi connectivity index (χ4v) is 4.42. The Bertz CT molecular complexity index is 1010. The first-order valence-electron chi connectivity index (χ1n) is 12.3. The van der Waals surface area contributed by atoms with Crippen LogP contribution in [0.15, 0.2) is 60.7 Å². The minimum absolute atomic E-state index is 0.113. The van der Waals surface area contributed by atoms with Gasteiger partial charge in [-0.1, -0.05) is 102 Å². The van der Waals surface area contributed by atoms with Crippen molar-refractivity contribution in [2.75, 3.05) is 14.2 Å². The molecular formula is C32H42O2. The summed E-state index contributed by atoms with van der Waals surface area (Å²) in [7, 11) is 3.55. The quantitative estimate of drug-likeness (QED) is 0.343. The molecule has 3 rings (SSSR count). The molecule has 0 heterocycles. The van der Waals surface area contributed by atoms with Crippen molar-refractivity contribution in [3.05, 3.63) is 105 Å². The molecule has 0 atom stereocenters. The lowest BCUT2D eigenvalue weighted by Gasteiger charge is -2.23. The zero-order valence-electron chi connectivity index (χ0n) is 22.4. The average Bonchev–Trinajstić information content (AvgIpc) is 2.76. The van der Waals surface area contributed by atoms with Crippen molar-refractivity contribution >= 4 is 0 Å². The van der Waals surface area contributed by atoms with E-state index >= 15 is 0 Å². The highest BCUT2D eigenvalue weighted by molar-refractivity contribution is 5.44. The number of methoxy groups -OCH3 is 2. The van der Waals surface area contributed by atoms with Crippen LogP contribution in [0.5, 0.6) is 0 Å². The van der Waals surface area contributed by atoms with Crippen LogP contribution in [0.4, 0.5) is 0 Å². The number of ether oxygens (including phenoxy) is 2. The molecule has 0 unspecified atom stereocenters. The van der Waals surface area contributed by atoms with Crippen LogP contribution in [0.25, 0.3) is 0 Å². The minimum Gasteiger partial charge on any atom is -0.380 e. The molecule has 0 aliphatic heterocycles. The van der Waals surface area contributed by atoms with Gasteiger partial charge < -0.3 is 9.47 Å². The van der Waals surface area contributed by atoms with Crippen LogP contribution in [0.1, 0.15) is 86.1 Å². The van der Waals surface area contributed by atoms with Crippen LogP contribution < -0.4 is 0 Å². The van der Waals surface area contributed by atoms with E-state index in [0.29, 0.717) is 13.2 Å². The molecule has 0 saturated carbocycles. The Labute approximate surface area is 207 Å². The fraction of sp³-hybridized carbons (Fsp3) is 0.438. The summed E-state index contributed by atoms with van der Waals surface area (Å²) in [4.78, 5) is 0. The van der Waals surface area contributed by atoms with Crippen LogP contribution in [0, 0.1) is 0 Å². The molecule has 0 spiro atoms. The molecule has 0 aliphatic rings. The summed E-state index contributed by atoms with van der Waals surface area (Å²) in [5.74, 6) is 0. The Morgan fingerprint density at radius 1 is 0.500 bits per heavy atom. The Balaban J connectivity index is 2.01. The highest BCUT2D eigenvalue weighted by Gasteiger charge is 2.18. The largest absolute Gasteiger partial charge is 0.380 e. The van der Waals surface area contributed by atoms with Crippen molar-refractivity contribution in [3.63, 3.8) is 0 Å². The third kappa shape index (κ3) is 6.58. The highest BCUT2D eigenvalue weighted by atomic mass is 16.5. The Morgan fingerprint density at radius 3 is 1.21 bits per heavy atom. The standard InChI is InChI=1S/C32H42O2/c1-31(2,3)29-15-13-25(21-33-7)27(19-29)17-23-11-9-10-12-24(23)18-28-20-30(32(4,5)6)16-14-26(28)22-34-8/h9-16,19-20H,17-18,21-22H2,1-8H3. The third-order valence-electron chi connectivity index (χ3n) is 6.62. The molecule has 2 nitrogen and oxygen atoms in total. The van der Waals surface area contributed by atoms with Gasteiger partial charge in [0, 0.05) is 14.2 Å². The monoisotopic (exact) mass is 458 g/mol. The molecule has 2 heteroatoms. The lowest BCUT2D eigenvalue weighted by Crippen LogP contribution is -2.13. The third-order valence-corrected chi connectivity index (χ3v) is 6.62. The van der Waals surface area contributed by atoms with Crippen LogP contribution in [0.2, 0.25) is 0 Å². The second-order valence-electron chi connectivity index (χ2n) is 11.5. The van der Waals surface area contributed by atoms with Crippen LogP contribution >= 0.6 is 0 Å². The van der Waals surface area contributed by atoms with E-state index in [1.165, 1.54) is 44.5 Å². The predicted octanol–water partition coefficient (Wildman–Crippen LogP) is 7.76. The number of hydrogen-bond acceptors (Lipinski definition) is 2. The molecule has 0 bridgehead atoms. The summed E-state index contributed by atoms with van der Waals surface area (Å²) in [6.07, 6.45) is 1.80. The van der Waals surface area contributed by atoms with Crippen LogP contribution in [0.3, 0.4) is 0 Å². The van der Waals surface area contributed by atoms with Crippen molar-refractivity contribution in [1.29, 1.82) is 0 Å². The second kappa shape index (κ2) is 10.9. The van der Waals surface area contributed by atoms with Gasteiger partial charge in [0.25, 0.3) is 0 Å². The topological polar surface area (TPSA) is 18.5 Å². The molecular weight excluding hydrogens is 416 g/mol. The van der Waals surface area contributed by atoms with Gasteiger partial charge in [0.15, 0.2) is 0 Å². The first-order valence-corrected chi connectivity index (χ1v) is 12.3. The maximum Gasteiger partial charge on any atom is 0.0715 e. The van der Waals surface area contributed by atoms with Gasteiger partial charge in [-0.2, -0.15) is 0 Å². The first kappa shape index (κ1) is 26.2. The molecule has 0 fully saturated rings. The second-order valence-corrected chi connectivity index (χ2v) is 11.5. The van der Waals surface area contributed by atoms with Gasteiger partial charge in [-0.3, -0.25) is 0 Å². The molecule has 0 amide bonds. The van der Waals surface area contributed by atoms with E-state index in [1.54, 1.807) is 14.2 Å².